The Balaban J connectivity index is 2.06. The van der Waals surface area contributed by atoms with Crippen molar-refractivity contribution < 1.29 is 4.74 Å². The summed E-state index contributed by atoms with van der Waals surface area (Å²) < 4.78 is 7.60. The smallest absolute Gasteiger partial charge is 0.122 e. The summed E-state index contributed by atoms with van der Waals surface area (Å²) in [7, 11) is 1.97. The van der Waals surface area contributed by atoms with Crippen LogP contribution in [0.15, 0.2) is 24.5 Å². The SMILES string of the molecule is Cn1cnc(-c2ccc3c(c2)CCCO3)c1CN. The Morgan fingerprint density at radius 1 is 1.44 bits per heavy atom. The summed E-state index contributed by atoms with van der Waals surface area (Å²) in [5.41, 5.74) is 10.2. The summed E-state index contributed by atoms with van der Waals surface area (Å²) in [5, 5.41) is 0. The van der Waals surface area contributed by atoms with Crippen LogP contribution >= 0.6 is 0 Å². The molecule has 0 spiro atoms. The van der Waals surface area contributed by atoms with Gasteiger partial charge in [-0.15, -0.1) is 0 Å². The van der Waals surface area contributed by atoms with Crippen molar-refractivity contribution in [1.29, 1.82) is 0 Å². The minimum atomic E-state index is 0.499. The summed E-state index contributed by atoms with van der Waals surface area (Å²) in [6.07, 6.45) is 3.98. The lowest BCUT2D eigenvalue weighted by Gasteiger charge is -2.17. The molecule has 0 radical (unpaired) electrons. The van der Waals surface area contributed by atoms with Crippen molar-refractivity contribution >= 4 is 0 Å². The molecule has 0 unspecified atom stereocenters. The van der Waals surface area contributed by atoms with Crippen molar-refractivity contribution in [3.05, 3.63) is 35.8 Å². The maximum Gasteiger partial charge on any atom is 0.122 e. The van der Waals surface area contributed by atoms with E-state index in [-0.39, 0.29) is 0 Å². The number of nitrogens with zero attached hydrogens (tertiary/aromatic N) is 2. The molecule has 1 aromatic carbocycles. The summed E-state index contributed by atoms with van der Waals surface area (Å²) in [6, 6.07) is 6.28. The third kappa shape index (κ3) is 1.78. The van der Waals surface area contributed by atoms with Gasteiger partial charge in [0.05, 0.1) is 24.3 Å². The molecule has 2 aromatic rings. The van der Waals surface area contributed by atoms with Crippen molar-refractivity contribution in [2.24, 2.45) is 12.8 Å². The third-order valence-corrected chi connectivity index (χ3v) is 3.43. The molecule has 2 heterocycles. The molecule has 0 saturated heterocycles. The zero-order valence-corrected chi connectivity index (χ0v) is 10.5. The topological polar surface area (TPSA) is 53.1 Å². The number of hydrogen-bond acceptors (Lipinski definition) is 3. The molecule has 4 heteroatoms. The molecule has 0 fully saturated rings. The molecule has 0 atom stereocenters. The summed E-state index contributed by atoms with van der Waals surface area (Å²) in [4.78, 5) is 4.45. The Kier molecular flexibility index (Phi) is 2.80. The second-order valence-electron chi connectivity index (χ2n) is 4.63. The first kappa shape index (κ1) is 11.3. The van der Waals surface area contributed by atoms with Crippen LogP contribution in [0, 0.1) is 0 Å². The zero-order valence-electron chi connectivity index (χ0n) is 10.5. The lowest BCUT2D eigenvalue weighted by atomic mass is 10.0. The average molecular weight is 243 g/mol. The largest absolute Gasteiger partial charge is 0.493 e. The molecule has 1 aromatic heterocycles. The fourth-order valence-corrected chi connectivity index (χ4v) is 2.45. The van der Waals surface area contributed by atoms with Gasteiger partial charge in [0, 0.05) is 19.2 Å². The van der Waals surface area contributed by atoms with Crippen LogP contribution < -0.4 is 10.5 Å². The molecule has 3 rings (SSSR count). The van der Waals surface area contributed by atoms with Crippen molar-refractivity contribution in [2.45, 2.75) is 19.4 Å². The van der Waals surface area contributed by atoms with Crippen LogP contribution in [0.3, 0.4) is 0 Å². The number of hydrogen-bond donors (Lipinski definition) is 1. The number of aryl methyl sites for hydroxylation is 2. The fourth-order valence-electron chi connectivity index (χ4n) is 2.45. The van der Waals surface area contributed by atoms with Crippen LogP contribution in [0.2, 0.25) is 0 Å². The summed E-state index contributed by atoms with van der Waals surface area (Å²) in [5.74, 6) is 1.01. The van der Waals surface area contributed by atoms with Gasteiger partial charge in [0.2, 0.25) is 0 Å². The number of ether oxygens (including phenoxy) is 1. The minimum absolute atomic E-state index is 0.499. The van der Waals surface area contributed by atoms with E-state index in [1.807, 2.05) is 24.0 Å². The summed E-state index contributed by atoms with van der Waals surface area (Å²) in [6.45, 7) is 1.32. The van der Waals surface area contributed by atoms with E-state index >= 15 is 0 Å². The Morgan fingerprint density at radius 2 is 2.33 bits per heavy atom. The highest BCUT2D eigenvalue weighted by atomic mass is 16.5. The molecule has 1 aliphatic heterocycles. The van der Waals surface area contributed by atoms with E-state index in [1.165, 1.54) is 5.56 Å². The number of rotatable bonds is 2. The zero-order chi connectivity index (χ0) is 12.5. The predicted octanol–water partition coefficient (Wildman–Crippen LogP) is 1.87. The Morgan fingerprint density at radius 3 is 3.17 bits per heavy atom. The number of nitrogens with two attached hydrogens (primary N) is 1. The fraction of sp³-hybridized carbons (Fsp3) is 0.357. The van der Waals surface area contributed by atoms with E-state index < -0.39 is 0 Å². The van der Waals surface area contributed by atoms with Gasteiger partial charge < -0.3 is 15.0 Å². The number of fused-ring (bicyclic) bond motifs is 1. The van der Waals surface area contributed by atoms with E-state index in [0.29, 0.717) is 6.54 Å². The molecular formula is C14H17N3O. The highest BCUT2D eigenvalue weighted by Crippen LogP contribution is 2.30. The third-order valence-electron chi connectivity index (χ3n) is 3.43. The van der Waals surface area contributed by atoms with E-state index in [2.05, 4.69) is 17.1 Å². The quantitative estimate of drug-likeness (QED) is 0.876. The molecule has 1 aliphatic rings. The number of imidazole rings is 1. The highest BCUT2D eigenvalue weighted by Gasteiger charge is 2.14. The molecule has 2 N–H and O–H groups in total. The highest BCUT2D eigenvalue weighted by molar-refractivity contribution is 5.64. The van der Waals surface area contributed by atoms with Crippen molar-refractivity contribution in [1.82, 2.24) is 9.55 Å². The molecular weight excluding hydrogens is 226 g/mol. The minimum Gasteiger partial charge on any atom is -0.493 e. The van der Waals surface area contributed by atoms with Crippen LogP contribution in [0.1, 0.15) is 17.7 Å². The van der Waals surface area contributed by atoms with Crippen molar-refractivity contribution in [2.75, 3.05) is 6.61 Å². The second kappa shape index (κ2) is 4.46. The maximum atomic E-state index is 5.79. The van der Waals surface area contributed by atoms with Gasteiger partial charge in [-0.25, -0.2) is 4.98 Å². The first-order valence-corrected chi connectivity index (χ1v) is 6.26. The molecule has 18 heavy (non-hydrogen) atoms. The second-order valence-corrected chi connectivity index (χ2v) is 4.63. The van der Waals surface area contributed by atoms with Crippen LogP contribution in [0.25, 0.3) is 11.3 Å². The normalized spacial score (nSPS) is 14.1. The molecule has 0 aliphatic carbocycles. The molecule has 0 bridgehead atoms. The monoisotopic (exact) mass is 243 g/mol. The maximum absolute atomic E-state index is 5.79. The Hall–Kier alpha value is -1.81. The standard InChI is InChI=1S/C14H17N3O/c1-17-9-16-14(12(17)8-15)11-4-5-13-10(7-11)3-2-6-18-13/h4-5,7,9H,2-3,6,8,15H2,1H3. The van der Waals surface area contributed by atoms with Crippen LogP contribution in [0.4, 0.5) is 0 Å². The lowest BCUT2D eigenvalue weighted by molar-refractivity contribution is 0.288. The predicted molar refractivity (Wildman–Crippen MR) is 70.4 cm³/mol. The van der Waals surface area contributed by atoms with Gasteiger partial charge in [-0.05, 0) is 36.6 Å². The van der Waals surface area contributed by atoms with Crippen molar-refractivity contribution in [3.8, 4) is 17.0 Å². The van der Waals surface area contributed by atoms with Crippen molar-refractivity contribution in [3.63, 3.8) is 0 Å². The first-order chi connectivity index (χ1) is 8.79. The van der Waals surface area contributed by atoms with E-state index in [1.54, 1.807) is 0 Å². The molecule has 94 valence electrons. The molecule has 0 saturated carbocycles. The van der Waals surface area contributed by atoms with Gasteiger partial charge >= 0.3 is 0 Å². The van der Waals surface area contributed by atoms with Gasteiger partial charge in [0.15, 0.2) is 0 Å². The van der Waals surface area contributed by atoms with Gasteiger partial charge in [0.1, 0.15) is 5.75 Å². The number of benzene rings is 1. The van der Waals surface area contributed by atoms with Gasteiger partial charge in [-0.2, -0.15) is 0 Å². The van der Waals surface area contributed by atoms with E-state index in [9.17, 15) is 0 Å². The summed E-state index contributed by atoms with van der Waals surface area (Å²) >= 11 is 0. The number of aromatic nitrogens is 2. The van der Waals surface area contributed by atoms with Crippen LogP contribution in [-0.4, -0.2) is 16.2 Å². The van der Waals surface area contributed by atoms with Gasteiger partial charge in [-0.1, -0.05) is 0 Å². The lowest BCUT2D eigenvalue weighted by Crippen LogP contribution is -2.08. The molecule has 4 nitrogen and oxygen atoms in total. The van der Waals surface area contributed by atoms with Crippen LogP contribution in [-0.2, 0) is 20.0 Å². The molecule has 0 amide bonds. The average Bonchev–Trinajstić information content (AvgIpc) is 2.79. The van der Waals surface area contributed by atoms with Gasteiger partial charge in [0.25, 0.3) is 0 Å². The Bertz CT molecular complexity index is 574. The van der Waals surface area contributed by atoms with E-state index in [4.69, 9.17) is 10.5 Å². The first-order valence-electron chi connectivity index (χ1n) is 6.26. The Labute approximate surface area is 106 Å². The van der Waals surface area contributed by atoms with Crippen LogP contribution in [0.5, 0.6) is 5.75 Å². The van der Waals surface area contributed by atoms with E-state index in [0.717, 1.165) is 42.1 Å². The van der Waals surface area contributed by atoms with Gasteiger partial charge in [-0.3, -0.25) is 0 Å².